The van der Waals surface area contributed by atoms with Crippen LogP contribution in [0.4, 0.5) is 0 Å². The van der Waals surface area contributed by atoms with Gasteiger partial charge >= 0.3 is 0 Å². The molecule has 1 unspecified atom stereocenters. The molecule has 1 aliphatic carbocycles. The molecule has 27 heavy (non-hydrogen) atoms. The molecule has 2 fully saturated rings. The molecule has 1 saturated heterocycles. The van der Waals surface area contributed by atoms with Crippen LogP contribution in [0.15, 0.2) is 24.3 Å². The molecule has 1 aromatic carbocycles. The molecule has 2 aliphatic rings. The summed E-state index contributed by atoms with van der Waals surface area (Å²) >= 11 is 0. The minimum absolute atomic E-state index is 0. The van der Waals surface area contributed by atoms with Crippen LogP contribution in [0.25, 0.3) is 0 Å². The standard InChI is InChI=1S/C21H31N3O2.ClH/c1-16-6-9-18(10-7-16)20(22)21(26)24-14-12-23(13-15-24)19(25)11-8-17-4-2-3-5-17;/h6-7,9-10,17,20H,2-5,8,11-15,22H2,1H3;1H. The van der Waals surface area contributed by atoms with Crippen LogP contribution >= 0.6 is 12.4 Å². The van der Waals surface area contributed by atoms with Crippen LogP contribution in [0.3, 0.4) is 0 Å². The number of carbonyl (C=O) groups is 2. The Morgan fingerprint density at radius 1 is 1.04 bits per heavy atom. The Labute approximate surface area is 168 Å². The van der Waals surface area contributed by atoms with Crippen LogP contribution in [0.2, 0.25) is 0 Å². The third-order valence-corrected chi connectivity index (χ3v) is 5.89. The van der Waals surface area contributed by atoms with Crippen LogP contribution in [0, 0.1) is 12.8 Å². The minimum Gasteiger partial charge on any atom is -0.339 e. The van der Waals surface area contributed by atoms with Crippen molar-refractivity contribution in [1.82, 2.24) is 9.80 Å². The van der Waals surface area contributed by atoms with Gasteiger partial charge in [0, 0.05) is 32.6 Å². The van der Waals surface area contributed by atoms with E-state index >= 15 is 0 Å². The number of piperazine rings is 1. The van der Waals surface area contributed by atoms with Gasteiger partial charge in [0.25, 0.3) is 0 Å². The molecule has 5 nitrogen and oxygen atoms in total. The SMILES string of the molecule is Cc1ccc(C(N)C(=O)N2CCN(C(=O)CCC3CCCC3)CC2)cc1.Cl. The zero-order valence-electron chi connectivity index (χ0n) is 16.2. The van der Waals surface area contributed by atoms with E-state index in [0.29, 0.717) is 32.6 Å². The maximum atomic E-state index is 12.7. The topological polar surface area (TPSA) is 66.6 Å². The summed E-state index contributed by atoms with van der Waals surface area (Å²) in [6, 6.07) is 7.16. The molecule has 1 heterocycles. The summed E-state index contributed by atoms with van der Waals surface area (Å²) in [5.74, 6) is 0.938. The van der Waals surface area contributed by atoms with Gasteiger partial charge in [0.1, 0.15) is 6.04 Å². The van der Waals surface area contributed by atoms with Crippen molar-refractivity contribution in [1.29, 1.82) is 0 Å². The Balaban J connectivity index is 0.00000261. The first-order valence-corrected chi connectivity index (χ1v) is 9.93. The zero-order chi connectivity index (χ0) is 18.5. The van der Waals surface area contributed by atoms with E-state index in [1.165, 1.54) is 25.7 Å². The molecule has 1 saturated carbocycles. The molecule has 1 atom stereocenters. The maximum Gasteiger partial charge on any atom is 0.244 e. The highest BCUT2D eigenvalue weighted by Crippen LogP contribution is 2.28. The van der Waals surface area contributed by atoms with Gasteiger partial charge in [-0.2, -0.15) is 0 Å². The highest BCUT2D eigenvalue weighted by atomic mass is 35.5. The fraction of sp³-hybridized carbons (Fsp3) is 0.619. The first kappa shape index (κ1) is 21.7. The molecule has 1 aliphatic heterocycles. The van der Waals surface area contributed by atoms with E-state index in [-0.39, 0.29) is 24.2 Å². The van der Waals surface area contributed by atoms with E-state index < -0.39 is 6.04 Å². The highest BCUT2D eigenvalue weighted by molar-refractivity contribution is 5.85. The van der Waals surface area contributed by atoms with Crippen LogP contribution in [-0.4, -0.2) is 47.8 Å². The fourth-order valence-electron chi connectivity index (χ4n) is 4.07. The van der Waals surface area contributed by atoms with Crippen LogP contribution < -0.4 is 5.73 Å². The molecule has 0 radical (unpaired) electrons. The lowest BCUT2D eigenvalue weighted by Crippen LogP contribution is -2.52. The highest BCUT2D eigenvalue weighted by Gasteiger charge is 2.28. The van der Waals surface area contributed by atoms with E-state index in [1.807, 2.05) is 36.1 Å². The van der Waals surface area contributed by atoms with E-state index in [4.69, 9.17) is 5.73 Å². The molecule has 1 aromatic rings. The van der Waals surface area contributed by atoms with Gasteiger partial charge in [0.15, 0.2) is 0 Å². The molecular weight excluding hydrogens is 362 g/mol. The number of halogens is 1. The van der Waals surface area contributed by atoms with E-state index in [1.54, 1.807) is 4.90 Å². The molecule has 3 rings (SSSR count). The monoisotopic (exact) mass is 393 g/mol. The van der Waals surface area contributed by atoms with Crippen molar-refractivity contribution in [3.05, 3.63) is 35.4 Å². The summed E-state index contributed by atoms with van der Waals surface area (Å²) in [5, 5.41) is 0. The predicted molar refractivity (Wildman–Crippen MR) is 110 cm³/mol. The number of hydrogen-bond donors (Lipinski definition) is 1. The number of rotatable bonds is 5. The Morgan fingerprint density at radius 2 is 1.59 bits per heavy atom. The van der Waals surface area contributed by atoms with Crippen molar-refractivity contribution in [2.24, 2.45) is 11.7 Å². The summed E-state index contributed by atoms with van der Waals surface area (Å²) < 4.78 is 0. The molecular formula is C21H32ClN3O2. The number of amides is 2. The summed E-state index contributed by atoms with van der Waals surface area (Å²) in [7, 11) is 0. The number of hydrogen-bond acceptors (Lipinski definition) is 3. The van der Waals surface area contributed by atoms with Gasteiger partial charge in [-0.1, -0.05) is 55.5 Å². The lowest BCUT2D eigenvalue weighted by atomic mass is 10.0. The van der Waals surface area contributed by atoms with Crippen molar-refractivity contribution in [3.63, 3.8) is 0 Å². The number of aryl methyl sites for hydroxylation is 1. The van der Waals surface area contributed by atoms with Crippen LogP contribution in [0.1, 0.15) is 55.7 Å². The van der Waals surface area contributed by atoms with Gasteiger partial charge in [0.05, 0.1) is 0 Å². The van der Waals surface area contributed by atoms with Crippen LogP contribution in [-0.2, 0) is 9.59 Å². The van der Waals surface area contributed by atoms with Gasteiger partial charge in [-0.15, -0.1) is 12.4 Å². The molecule has 6 heteroatoms. The number of nitrogens with two attached hydrogens (primary N) is 1. The Morgan fingerprint density at radius 3 is 2.19 bits per heavy atom. The normalized spacial score (nSPS) is 18.9. The third kappa shape index (κ3) is 5.69. The first-order chi connectivity index (χ1) is 12.5. The Bertz CT molecular complexity index is 621. The molecule has 2 amide bonds. The van der Waals surface area contributed by atoms with E-state index in [2.05, 4.69) is 0 Å². The van der Waals surface area contributed by atoms with E-state index in [9.17, 15) is 9.59 Å². The fourth-order valence-corrected chi connectivity index (χ4v) is 4.07. The molecule has 0 spiro atoms. The predicted octanol–water partition coefficient (Wildman–Crippen LogP) is 3.06. The van der Waals surface area contributed by atoms with Crippen LogP contribution in [0.5, 0.6) is 0 Å². The number of nitrogens with zero attached hydrogens (tertiary/aromatic N) is 2. The zero-order valence-corrected chi connectivity index (χ0v) is 17.0. The van der Waals surface area contributed by atoms with Crippen molar-refractivity contribution >= 4 is 24.2 Å². The second kappa shape index (κ2) is 10.1. The average Bonchev–Trinajstić information content (AvgIpc) is 3.19. The first-order valence-electron chi connectivity index (χ1n) is 9.93. The van der Waals surface area contributed by atoms with Gasteiger partial charge in [-0.25, -0.2) is 0 Å². The average molecular weight is 394 g/mol. The Hall–Kier alpha value is -1.59. The largest absolute Gasteiger partial charge is 0.339 e. The maximum absolute atomic E-state index is 12.7. The summed E-state index contributed by atoms with van der Waals surface area (Å²) in [5.41, 5.74) is 8.15. The molecule has 0 bridgehead atoms. The summed E-state index contributed by atoms with van der Waals surface area (Å²) in [6.07, 6.45) is 6.89. The lowest BCUT2D eigenvalue weighted by Gasteiger charge is -2.36. The van der Waals surface area contributed by atoms with E-state index in [0.717, 1.165) is 23.5 Å². The Kier molecular flexibility index (Phi) is 8.11. The number of carbonyl (C=O) groups excluding carboxylic acids is 2. The quantitative estimate of drug-likeness (QED) is 0.835. The van der Waals surface area contributed by atoms with Gasteiger partial charge in [-0.05, 0) is 24.8 Å². The number of benzene rings is 1. The van der Waals surface area contributed by atoms with Crippen molar-refractivity contribution in [2.75, 3.05) is 26.2 Å². The van der Waals surface area contributed by atoms with Crippen molar-refractivity contribution in [3.8, 4) is 0 Å². The lowest BCUT2D eigenvalue weighted by molar-refractivity contribution is -0.140. The smallest absolute Gasteiger partial charge is 0.244 e. The second-order valence-corrected chi connectivity index (χ2v) is 7.78. The molecule has 150 valence electrons. The van der Waals surface area contributed by atoms with Gasteiger partial charge in [-0.3, -0.25) is 9.59 Å². The summed E-state index contributed by atoms with van der Waals surface area (Å²) in [6.45, 7) is 4.41. The third-order valence-electron chi connectivity index (χ3n) is 5.89. The van der Waals surface area contributed by atoms with Gasteiger partial charge < -0.3 is 15.5 Å². The van der Waals surface area contributed by atoms with Crippen molar-refractivity contribution < 1.29 is 9.59 Å². The molecule has 2 N–H and O–H groups in total. The second-order valence-electron chi connectivity index (χ2n) is 7.78. The van der Waals surface area contributed by atoms with Crippen molar-refractivity contribution in [2.45, 2.75) is 51.5 Å². The minimum atomic E-state index is -0.625. The summed E-state index contributed by atoms with van der Waals surface area (Å²) in [4.78, 5) is 28.8. The van der Waals surface area contributed by atoms with Gasteiger partial charge in [0.2, 0.25) is 11.8 Å². The molecule has 0 aromatic heterocycles.